The number of rotatable bonds is 7. The van der Waals surface area contributed by atoms with E-state index in [1.165, 1.54) is 0 Å². The molecule has 1 saturated heterocycles. The number of ether oxygens (including phenoxy) is 1. The Morgan fingerprint density at radius 2 is 1.84 bits per heavy atom. The first-order valence-corrected chi connectivity index (χ1v) is 10.8. The van der Waals surface area contributed by atoms with Crippen molar-refractivity contribution < 1.29 is 19.1 Å². The van der Waals surface area contributed by atoms with Gasteiger partial charge in [0.2, 0.25) is 5.91 Å². The summed E-state index contributed by atoms with van der Waals surface area (Å²) in [6.07, 6.45) is 5.66. The molecule has 1 aliphatic carbocycles. The fourth-order valence-corrected chi connectivity index (χ4v) is 4.12. The molecular weight excluding hydrogens is 394 g/mol. The molecule has 0 radical (unpaired) electrons. The maximum atomic E-state index is 12.6. The van der Waals surface area contributed by atoms with Crippen molar-refractivity contribution in [3.05, 3.63) is 54.1 Å². The molecule has 4 rings (SSSR count). The lowest BCUT2D eigenvalue weighted by Crippen LogP contribution is -2.33. The van der Waals surface area contributed by atoms with Crippen LogP contribution in [-0.4, -0.2) is 36.9 Å². The van der Waals surface area contributed by atoms with E-state index >= 15 is 0 Å². The molecular formula is C24H27N3O4. The van der Waals surface area contributed by atoms with Gasteiger partial charge < -0.3 is 20.3 Å². The lowest BCUT2D eigenvalue weighted by atomic mass is 10.1. The van der Waals surface area contributed by atoms with Gasteiger partial charge >= 0.3 is 0 Å². The first-order valence-electron chi connectivity index (χ1n) is 10.8. The summed E-state index contributed by atoms with van der Waals surface area (Å²) >= 11 is 0. The Morgan fingerprint density at radius 3 is 2.61 bits per heavy atom. The molecule has 0 bridgehead atoms. The summed E-state index contributed by atoms with van der Waals surface area (Å²) in [4.78, 5) is 38.8. The minimum absolute atomic E-state index is 0.0994. The Morgan fingerprint density at radius 1 is 1.03 bits per heavy atom. The Kier molecular flexibility index (Phi) is 6.50. The molecule has 31 heavy (non-hydrogen) atoms. The van der Waals surface area contributed by atoms with E-state index < -0.39 is 0 Å². The number of benzene rings is 2. The highest BCUT2D eigenvalue weighted by Gasteiger charge is 2.22. The molecule has 2 fully saturated rings. The Labute approximate surface area is 181 Å². The number of hydrogen-bond acceptors (Lipinski definition) is 4. The first-order chi connectivity index (χ1) is 15.1. The molecule has 7 heteroatoms. The maximum Gasteiger partial charge on any atom is 0.262 e. The fourth-order valence-electron chi connectivity index (χ4n) is 4.12. The summed E-state index contributed by atoms with van der Waals surface area (Å²) in [5.41, 5.74) is 1.68. The minimum Gasteiger partial charge on any atom is -0.484 e. The van der Waals surface area contributed by atoms with Gasteiger partial charge in [0.05, 0.1) is 11.3 Å². The third-order valence-corrected chi connectivity index (χ3v) is 5.71. The zero-order valence-corrected chi connectivity index (χ0v) is 17.4. The molecule has 0 aromatic heterocycles. The monoisotopic (exact) mass is 421 g/mol. The molecule has 0 spiro atoms. The molecule has 7 nitrogen and oxygen atoms in total. The number of carbonyl (C=O) groups excluding carboxylic acids is 3. The normalized spacial score (nSPS) is 16.4. The number of anilines is 2. The Bertz CT molecular complexity index is 969. The average molecular weight is 421 g/mol. The van der Waals surface area contributed by atoms with Crippen LogP contribution in [0.1, 0.15) is 48.9 Å². The van der Waals surface area contributed by atoms with Crippen LogP contribution >= 0.6 is 0 Å². The summed E-state index contributed by atoms with van der Waals surface area (Å²) in [6.45, 7) is 0.498. The van der Waals surface area contributed by atoms with Crippen molar-refractivity contribution in [1.82, 2.24) is 5.32 Å². The molecule has 2 N–H and O–H groups in total. The number of para-hydroxylation sites is 1. The average Bonchev–Trinajstić information content (AvgIpc) is 3.44. The molecule has 0 unspecified atom stereocenters. The van der Waals surface area contributed by atoms with Gasteiger partial charge in [0.25, 0.3) is 11.8 Å². The lowest BCUT2D eigenvalue weighted by molar-refractivity contribution is -0.118. The number of nitrogens with zero attached hydrogens (tertiary/aromatic N) is 1. The van der Waals surface area contributed by atoms with Crippen LogP contribution in [0, 0.1) is 0 Å². The fraction of sp³-hybridized carbons (Fsp3) is 0.375. The van der Waals surface area contributed by atoms with E-state index in [4.69, 9.17) is 4.74 Å². The van der Waals surface area contributed by atoms with E-state index in [-0.39, 0.29) is 30.4 Å². The molecule has 0 atom stereocenters. The summed E-state index contributed by atoms with van der Waals surface area (Å²) in [5.74, 6) is 0.0810. The van der Waals surface area contributed by atoms with Gasteiger partial charge in [-0.15, -0.1) is 0 Å². The van der Waals surface area contributed by atoms with Crippen molar-refractivity contribution in [1.29, 1.82) is 0 Å². The second-order valence-electron chi connectivity index (χ2n) is 7.98. The van der Waals surface area contributed by atoms with Gasteiger partial charge in [0.1, 0.15) is 5.75 Å². The number of hydrogen-bond donors (Lipinski definition) is 2. The van der Waals surface area contributed by atoms with Gasteiger partial charge in [-0.1, -0.05) is 31.0 Å². The zero-order valence-electron chi connectivity index (χ0n) is 17.4. The molecule has 162 valence electrons. The van der Waals surface area contributed by atoms with Crippen LogP contribution in [0.4, 0.5) is 11.4 Å². The third-order valence-electron chi connectivity index (χ3n) is 5.71. The van der Waals surface area contributed by atoms with Gasteiger partial charge in [-0.05, 0) is 43.5 Å². The predicted molar refractivity (Wildman–Crippen MR) is 118 cm³/mol. The highest BCUT2D eigenvalue weighted by atomic mass is 16.5. The molecule has 2 aromatic rings. The van der Waals surface area contributed by atoms with E-state index in [9.17, 15) is 14.4 Å². The number of nitrogens with one attached hydrogen (secondary N) is 2. The SMILES string of the molecule is O=C(COc1cccc(N2CCCC2=O)c1)Nc1ccccc1C(=O)NC1CCCC1. The third kappa shape index (κ3) is 5.23. The van der Waals surface area contributed by atoms with Crippen molar-refractivity contribution >= 4 is 29.1 Å². The van der Waals surface area contributed by atoms with Crippen LogP contribution in [0.3, 0.4) is 0 Å². The highest BCUT2D eigenvalue weighted by Crippen LogP contribution is 2.25. The van der Waals surface area contributed by atoms with E-state index in [1.54, 1.807) is 47.4 Å². The van der Waals surface area contributed by atoms with Crippen LogP contribution in [-0.2, 0) is 9.59 Å². The summed E-state index contributed by atoms with van der Waals surface area (Å²) in [7, 11) is 0. The molecule has 2 aliphatic rings. The van der Waals surface area contributed by atoms with Gasteiger partial charge in [-0.2, -0.15) is 0 Å². The zero-order chi connectivity index (χ0) is 21.6. The van der Waals surface area contributed by atoms with Gasteiger partial charge in [-0.25, -0.2) is 0 Å². The molecule has 1 saturated carbocycles. The van der Waals surface area contributed by atoms with Crippen molar-refractivity contribution in [2.75, 3.05) is 23.4 Å². The predicted octanol–water partition coefficient (Wildman–Crippen LogP) is 3.50. The van der Waals surface area contributed by atoms with Crippen LogP contribution in [0.15, 0.2) is 48.5 Å². The molecule has 3 amide bonds. The summed E-state index contributed by atoms with van der Waals surface area (Å²) in [6, 6.07) is 14.3. The van der Waals surface area contributed by atoms with Crippen LogP contribution in [0.2, 0.25) is 0 Å². The summed E-state index contributed by atoms with van der Waals surface area (Å²) in [5, 5.41) is 5.82. The number of amides is 3. The second kappa shape index (κ2) is 9.64. The second-order valence-corrected chi connectivity index (χ2v) is 7.98. The largest absolute Gasteiger partial charge is 0.484 e. The van der Waals surface area contributed by atoms with Gasteiger partial charge in [0.15, 0.2) is 6.61 Å². The molecule has 1 aliphatic heterocycles. The Hall–Kier alpha value is -3.35. The van der Waals surface area contributed by atoms with Crippen LogP contribution < -0.4 is 20.3 Å². The minimum atomic E-state index is -0.358. The Balaban J connectivity index is 1.35. The smallest absolute Gasteiger partial charge is 0.262 e. The van der Waals surface area contributed by atoms with Crippen molar-refractivity contribution in [2.45, 2.75) is 44.6 Å². The van der Waals surface area contributed by atoms with E-state index in [1.807, 2.05) is 6.07 Å². The van der Waals surface area contributed by atoms with E-state index in [0.29, 0.717) is 30.0 Å². The van der Waals surface area contributed by atoms with Crippen LogP contribution in [0.5, 0.6) is 5.75 Å². The highest BCUT2D eigenvalue weighted by molar-refractivity contribution is 6.04. The topological polar surface area (TPSA) is 87.7 Å². The molecule has 1 heterocycles. The summed E-state index contributed by atoms with van der Waals surface area (Å²) < 4.78 is 5.63. The van der Waals surface area contributed by atoms with E-state index in [2.05, 4.69) is 10.6 Å². The van der Waals surface area contributed by atoms with Crippen molar-refractivity contribution in [3.63, 3.8) is 0 Å². The number of carbonyl (C=O) groups is 3. The van der Waals surface area contributed by atoms with Crippen molar-refractivity contribution in [2.24, 2.45) is 0 Å². The van der Waals surface area contributed by atoms with Gasteiger partial charge in [0, 0.05) is 30.8 Å². The lowest BCUT2D eigenvalue weighted by Gasteiger charge is -2.17. The van der Waals surface area contributed by atoms with Crippen LogP contribution in [0.25, 0.3) is 0 Å². The molecule has 2 aromatic carbocycles. The maximum absolute atomic E-state index is 12.6. The first kappa shape index (κ1) is 20.9. The quantitative estimate of drug-likeness (QED) is 0.716. The standard InChI is InChI=1S/C24H27N3O4/c28-22(16-31-19-10-5-9-18(15-19)27-14-6-13-23(27)29)26-21-12-4-3-11-20(21)24(30)25-17-7-1-2-8-17/h3-5,9-12,15,17H,1-2,6-8,13-14,16H2,(H,25,30)(H,26,28). The van der Waals surface area contributed by atoms with Gasteiger partial charge in [-0.3, -0.25) is 14.4 Å². The van der Waals surface area contributed by atoms with Crippen molar-refractivity contribution in [3.8, 4) is 5.75 Å². The van der Waals surface area contributed by atoms with E-state index in [0.717, 1.165) is 37.8 Å².